The van der Waals surface area contributed by atoms with Gasteiger partial charge in [-0.15, -0.1) is 0 Å². The van der Waals surface area contributed by atoms with Crippen LogP contribution in [0, 0.1) is 0 Å². The number of nitrogens with zero attached hydrogens (tertiary/aromatic N) is 4. The summed E-state index contributed by atoms with van der Waals surface area (Å²) >= 11 is 0. The third-order valence-corrected chi connectivity index (χ3v) is 2.93. The largest absolute Gasteiger partial charge is 0.370 e. The Kier molecular flexibility index (Phi) is 5.66. The van der Waals surface area contributed by atoms with Crippen LogP contribution in [0.3, 0.4) is 0 Å². The monoisotopic (exact) mass is 284 g/mol. The quantitative estimate of drug-likeness (QED) is 0.578. The Bertz CT molecular complexity index is 509. The average Bonchev–Trinajstić information content (AvgIpc) is 2.49. The Balaban J connectivity index is 2.01. The van der Waals surface area contributed by atoms with E-state index in [0.29, 0.717) is 6.54 Å². The predicted octanol–water partition coefficient (Wildman–Crippen LogP) is 0.752. The molecule has 2 aromatic heterocycles. The van der Waals surface area contributed by atoms with E-state index in [4.69, 9.17) is 11.5 Å². The molecule has 0 aliphatic carbocycles. The average molecular weight is 284 g/mol. The van der Waals surface area contributed by atoms with E-state index in [9.17, 15) is 0 Å². The zero-order valence-corrected chi connectivity index (χ0v) is 11.9. The molecule has 21 heavy (non-hydrogen) atoms. The molecule has 0 amide bonds. The summed E-state index contributed by atoms with van der Waals surface area (Å²) < 4.78 is 0. The topological polar surface area (TPSA) is 93.4 Å². The van der Waals surface area contributed by atoms with Gasteiger partial charge >= 0.3 is 0 Å². The van der Waals surface area contributed by atoms with Gasteiger partial charge in [0.15, 0.2) is 5.96 Å². The van der Waals surface area contributed by atoms with Crippen LogP contribution in [-0.4, -0.2) is 33.9 Å². The highest BCUT2D eigenvalue weighted by atomic mass is 15.1. The molecule has 2 rings (SSSR count). The van der Waals surface area contributed by atoms with Crippen molar-refractivity contribution >= 4 is 5.96 Å². The number of aromatic nitrogens is 2. The molecule has 6 nitrogen and oxygen atoms in total. The second-order valence-corrected chi connectivity index (χ2v) is 4.66. The summed E-state index contributed by atoms with van der Waals surface area (Å²) in [6.45, 7) is 2.77. The highest BCUT2D eigenvalue weighted by Gasteiger charge is 2.08. The van der Waals surface area contributed by atoms with Crippen LogP contribution in [0.15, 0.2) is 53.8 Å². The molecule has 6 heteroatoms. The molecule has 0 fully saturated rings. The van der Waals surface area contributed by atoms with Crippen molar-refractivity contribution < 1.29 is 0 Å². The molecule has 2 heterocycles. The van der Waals surface area contributed by atoms with E-state index in [2.05, 4.69) is 19.9 Å². The maximum Gasteiger partial charge on any atom is 0.185 e. The molecule has 0 atom stereocenters. The first kappa shape index (κ1) is 14.9. The normalized spacial score (nSPS) is 10.5. The van der Waals surface area contributed by atoms with E-state index in [1.54, 1.807) is 12.4 Å². The summed E-state index contributed by atoms with van der Waals surface area (Å²) in [5.41, 5.74) is 12.8. The Hall–Kier alpha value is -2.47. The fourth-order valence-corrected chi connectivity index (χ4v) is 1.98. The van der Waals surface area contributed by atoms with E-state index in [-0.39, 0.29) is 5.96 Å². The van der Waals surface area contributed by atoms with Crippen LogP contribution >= 0.6 is 0 Å². The second-order valence-electron chi connectivity index (χ2n) is 4.66. The minimum absolute atomic E-state index is 0.116. The molecule has 0 spiro atoms. The van der Waals surface area contributed by atoms with Gasteiger partial charge < -0.3 is 11.5 Å². The minimum Gasteiger partial charge on any atom is -0.370 e. The fraction of sp³-hybridized carbons (Fsp3) is 0.267. The first-order valence-electron chi connectivity index (χ1n) is 6.81. The third-order valence-electron chi connectivity index (χ3n) is 2.93. The molecule has 110 valence electrons. The lowest BCUT2D eigenvalue weighted by molar-refractivity contribution is 0.258. The van der Waals surface area contributed by atoms with E-state index in [1.807, 2.05) is 36.4 Å². The van der Waals surface area contributed by atoms with Crippen molar-refractivity contribution in [3.05, 3.63) is 60.2 Å². The van der Waals surface area contributed by atoms with Gasteiger partial charge in [-0.1, -0.05) is 12.1 Å². The third kappa shape index (κ3) is 5.58. The number of nitrogens with two attached hydrogens (primary N) is 2. The van der Waals surface area contributed by atoms with Crippen molar-refractivity contribution in [1.29, 1.82) is 0 Å². The molecule has 0 aliphatic rings. The van der Waals surface area contributed by atoms with E-state index in [1.165, 1.54) is 0 Å². The summed E-state index contributed by atoms with van der Waals surface area (Å²) in [5.74, 6) is 0.116. The molecular weight excluding hydrogens is 264 g/mol. The van der Waals surface area contributed by atoms with Crippen LogP contribution in [0.4, 0.5) is 0 Å². The standard InChI is InChI=1S/C15H20N6/c16-15(17)20-9-10-21(11-13-5-1-3-7-18-13)12-14-6-2-4-8-19-14/h1-8H,9-12H2,(H4,16,17,20). The summed E-state index contributed by atoms with van der Waals surface area (Å²) in [4.78, 5) is 15.0. The molecule has 0 aliphatic heterocycles. The van der Waals surface area contributed by atoms with Gasteiger partial charge in [-0.25, -0.2) is 0 Å². The molecule has 0 saturated carbocycles. The molecule has 4 N–H and O–H groups in total. The molecule has 0 radical (unpaired) electrons. The maximum atomic E-state index is 5.37. The zero-order valence-electron chi connectivity index (χ0n) is 11.9. The number of aliphatic imine (C=N–C) groups is 1. The molecule has 2 aromatic rings. The number of hydrogen-bond acceptors (Lipinski definition) is 4. The summed E-state index contributed by atoms with van der Waals surface area (Å²) in [6, 6.07) is 11.8. The van der Waals surface area contributed by atoms with Gasteiger partial charge in [-0.05, 0) is 24.3 Å². The van der Waals surface area contributed by atoms with Gasteiger partial charge in [0.2, 0.25) is 0 Å². The Morgan fingerprint density at radius 2 is 1.52 bits per heavy atom. The van der Waals surface area contributed by atoms with Crippen LogP contribution in [0.5, 0.6) is 0 Å². The smallest absolute Gasteiger partial charge is 0.185 e. The Labute approximate surface area is 124 Å². The number of rotatable bonds is 7. The van der Waals surface area contributed by atoms with E-state index in [0.717, 1.165) is 31.0 Å². The van der Waals surface area contributed by atoms with Crippen molar-refractivity contribution in [3.8, 4) is 0 Å². The van der Waals surface area contributed by atoms with Crippen molar-refractivity contribution in [2.75, 3.05) is 13.1 Å². The number of guanidine groups is 1. The molecular formula is C15H20N6. The van der Waals surface area contributed by atoms with Crippen molar-refractivity contribution in [1.82, 2.24) is 14.9 Å². The summed E-state index contributed by atoms with van der Waals surface area (Å²) in [7, 11) is 0. The van der Waals surface area contributed by atoms with Crippen LogP contribution in [-0.2, 0) is 13.1 Å². The van der Waals surface area contributed by atoms with Crippen LogP contribution in [0.25, 0.3) is 0 Å². The lowest BCUT2D eigenvalue weighted by Crippen LogP contribution is -2.29. The van der Waals surface area contributed by atoms with E-state index >= 15 is 0 Å². The van der Waals surface area contributed by atoms with Crippen LogP contribution < -0.4 is 11.5 Å². The first-order valence-corrected chi connectivity index (χ1v) is 6.81. The van der Waals surface area contributed by atoms with Crippen LogP contribution in [0.1, 0.15) is 11.4 Å². The summed E-state index contributed by atoms with van der Waals surface area (Å²) in [5, 5.41) is 0. The van der Waals surface area contributed by atoms with Gasteiger partial charge in [-0.2, -0.15) is 0 Å². The fourth-order valence-electron chi connectivity index (χ4n) is 1.98. The van der Waals surface area contributed by atoms with Crippen molar-refractivity contribution in [2.45, 2.75) is 13.1 Å². The van der Waals surface area contributed by atoms with Gasteiger partial charge in [-0.3, -0.25) is 19.9 Å². The van der Waals surface area contributed by atoms with Gasteiger partial charge in [0.1, 0.15) is 0 Å². The van der Waals surface area contributed by atoms with Gasteiger partial charge in [0.25, 0.3) is 0 Å². The van der Waals surface area contributed by atoms with Crippen LogP contribution in [0.2, 0.25) is 0 Å². The maximum absolute atomic E-state index is 5.37. The van der Waals surface area contributed by atoms with E-state index < -0.39 is 0 Å². The molecule has 0 aromatic carbocycles. The SMILES string of the molecule is NC(N)=NCCN(Cc1ccccn1)Cc1ccccn1. The highest BCUT2D eigenvalue weighted by Crippen LogP contribution is 2.06. The Morgan fingerprint density at radius 3 is 1.95 bits per heavy atom. The molecule has 0 saturated heterocycles. The zero-order chi connectivity index (χ0) is 14.9. The number of hydrogen-bond donors (Lipinski definition) is 2. The highest BCUT2D eigenvalue weighted by molar-refractivity contribution is 5.75. The van der Waals surface area contributed by atoms with Gasteiger partial charge in [0, 0.05) is 32.0 Å². The summed E-state index contributed by atoms with van der Waals surface area (Å²) in [6.07, 6.45) is 3.59. The van der Waals surface area contributed by atoms with Gasteiger partial charge in [0.05, 0.1) is 17.9 Å². The van der Waals surface area contributed by atoms with Crippen molar-refractivity contribution in [2.24, 2.45) is 16.5 Å². The minimum atomic E-state index is 0.116. The first-order chi connectivity index (χ1) is 10.2. The predicted molar refractivity (Wildman–Crippen MR) is 83.3 cm³/mol. The second kappa shape index (κ2) is 7.96. The molecule has 0 unspecified atom stereocenters. The molecule has 0 bridgehead atoms. The lowest BCUT2D eigenvalue weighted by Gasteiger charge is -2.20. The lowest BCUT2D eigenvalue weighted by atomic mass is 10.3. The van der Waals surface area contributed by atoms with Crippen molar-refractivity contribution in [3.63, 3.8) is 0 Å². The Morgan fingerprint density at radius 1 is 0.952 bits per heavy atom. The number of pyridine rings is 2.